The third kappa shape index (κ3) is 3.17. The number of carbonyl (C=O) groups excluding carboxylic acids is 1. The Hall–Kier alpha value is -2.04. The number of amides is 1. The molecule has 2 atom stereocenters. The molecule has 0 spiro atoms. The number of ether oxygens (including phenoxy) is 1. The normalized spacial score (nSPS) is 22.4. The van der Waals surface area contributed by atoms with Gasteiger partial charge in [0.2, 0.25) is 5.91 Å². The second kappa shape index (κ2) is 5.76. The van der Waals surface area contributed by atoms with Gasteiger partial charge in [-0.25, -0.2) is 0 Å². The highest BCUT2D eigenvalue weighted by atomic mass is 16.5. The first-order valence-electron chi connectivity index (χ1n) is 7.14. The average molecular weight is 291 g/mol. The number of nitrogens with one attached hydrogen (secondary N) is 1. The Morgan fingerprint density at radius 2 is 2.05 bits per heavy atom. The van der Waals surface area contributed by atoms with E-state index in [1.807, 2.05) is 13.0 Å². The molecule has 0 heterocycles. The summed E-state index contributed by atoms with van der Waals surface area (Å²) in [5, 5.41) is 11.9. The van der Waals surface area contributed by atoms with Crippen molar-refractivity contribution in [3.63, 3.8) is 0 Å². The van der Waals surface area contributed by atoms with Gasteiger partial charge in [0.15, 0.2) is 0 Å². The summed E-state index contributed by atoms with van der Waals surface area (Å²) in [6.07, 6.45) is 0.910. The Morgan fingerprint density at radius 1 is 1.33 bits per heavy atom. The van der Waals surface area contributed by atoms with Crippen LogP contribution in [-0.4, -0.2) is 23.6 Å². The zero-order valence-corrected chi connectivity index (χ0v) is 12.6. The van der Waals surface area contributed by atoms with Crippen LogP contribution in [0.25, 0.3) is 0 Å². The number of hydrogen-bond acceptors (Lipinski definition) is 3. The van der Waals surface area contributed by atoms with Crippen molar-refractivity contribution in [2.24, 2.45) is 17.3 Å². The first-order valence-corrected chi connectivity index (χ1v) is 7.14. The van der Waals surface area contributed by atoms with Gasteiger partial charge in [0, 0.05) is 11.8 Å². The third-order valence-corrected chi connectivity index (χ3v) is 3.95. The Kier molecular flexibility index (Phi) is 4.21. The smallest absolute Gasteiger partial charge is 0.307 e. The van der Waals surface area contributed by atoms with Crippen molar-refractivity contribution in [1.29, 1.82) is 0 Å². The Labute approximate surface area is 124 Å². The number of hydrogen-bond donors (Lipinski definition) is 2. The zero-order valence-electron chi connectivity index (χ0n) is 12.6. The Morgan fingerprint density at radius 3 is 2.62 bits per heavy atom. The maximum Gasteiger partial charge on any atom is 0.307 e. The summed E-state index contributed by atoms with van der Waals surface area (Å²) in [5.41, 5.74) is 0.132. The molecule has 0 bridgehead atoms. The summed E-state index contributed by atoms with van der Waals surface area (Å²) in [7, 11) is 0. The van der Waals surface area contributed by atoms with Crippen LogP contribution in [0.5, 0.6) is 5.75 Å². The zero-order chi connectivity index (χ0) is 15.6. The maximum atomic E-state index is 12.2. The molecule has 2 N–H and O–H groups in total. The molecule has 1 fully saturated rings. The highest BCUT2D eigenvalue weighted by molar-refractivity contribution is 5.99. The summed E-state index contributed by atoms with van der Waals surface area (Å²) >= 11 is 0. The molecule has 1 aromatic carbocycles. The number of benzene rings is 1. The molecule has 1 aromatic rings. The Balaban J connectivity index is 2.02. The van der Waals surface area contributed by atoms with E-state index < -0.39 is 23.2 Å². The molecule has 1 amide bonds. The minimum Gasteiger partial charge on any atom is -0.494 e. The van der Waals surface area contributed by atoms with Crippen LogP contribution < -0.4 is 10.1 Å². The molecule has 5 heteroatoms. The van der Waals surface area contributed by atoms with Gasteiger partial charge in [-0.3, -0.25) is 9.59 Å². The molecule has 0 unspecified atom stereocenters. The largest absolute Gasteiger partial charge is 0.494 e. The van der Waals surface area contributed by atoms with Crippen LogP contribution >= 0.6 is 0 Å². The average Bonchev–Trinajstić information content (AvgIpc) is 3.00. The quantitative estimate of drug-likeness (QED) is 0.845. The van der Waals surface area contributed by atoms with Crippen LogP contribution in [0.1, 0.15) is 27.2 Å². The standard InChI is InChI=1S/C16H21NO4/c1-4-8-21-11-7-5-6-10(9-11)17-14(18)12-13(15(19)20)16(12,2)3/h5-7,9,12-13H,4,8H2,1-3H3,(H,17,18)(H,19,20)/t12-,13+/m1/s1. The molecule has 5 nitrogen and oxygen atoms in total. The van der Waals surface area contributed by atoms with Gasteiger partial charge in [-0.1, -0.05) is 26.8 Å². The van der Waals surface area contributed by atoms with E-state index in [-0.39, 0.29) is 5.91 Å². The van der Waals surface area contributed by atoms with E-state index in [0.29, 0.717) is 18.0 Å². The number of carboxylic acid groups (broad SMARTS) is 1. The van der Waals surface area contributed by atoms with Crippen molar-refractivity contribution < 1.29 is 19.4 Å². The van der Waals surface area contributed by atoms with Crippen molar-refractivity contribution in [2.75, 3.05) is 11.9 Å². The van der Waals surface area contributed by atoms with E-state index in [0.717, 1.165) is 6.42 Å². The minimum atomic E-state index is -0.917. The monoisotopic (exact) mass is 291 g/mol. The fourth-order valence-electron chi connectivity index (χ4n) is 2.69. The van der Waals surface area contributed by atoms with E-state index in [1.54, 1.807) is 32.0 Å². The minimum absolute atomic E-state index is 0.250. The first-order chi connectivity index (χ1) is 9.87. The fourth-order valence-corrected chi connectivity index (χ4v) is 2.69. The van der Waals surface area contributed by atoms with Gasteiger partial charge >= 0.3 is 5.97 Å². The molecule has 0 radical (unpaired) electrons. The molecular formula is C16H21NO4. The van der Waals surface area contributed by atoms with Gasteiger partial charge < -0.3 is 15.2 Å². The van der Waals surface area contributed by atoms with Crippen molar-refractivity contribution >= 4 is 17.6 Å². The molecular weight excluding hydrogens is 270 g/mol. The van der Waals surface area contributed by atoms with Crippen LogP contribution in [0.4, 0.5) is 5.69 Å². The predicted molar refractivity (Wildman–Crippen MR) is 79.3 cm³/mol. The number of anilines is 1. The van der Waals surface area contributed by atoms with Gasteiger partial charge in [-0.05, 0) is 24.0 Å². The lowest BCUT2D eigenvalue weighted by Crippen LogP contribution is -2.17. The van der Waals surface area contributed by atoms with Crippen molar-refractivity contribution in [1.82, 2.24) is 0 Å². The molecule has 114 valence electrons. The third-order valence-electron chi connectivity index (χ3n) is 3.95. The molecule has 1 aliphatic rings. The van der Waals surface area contributed by atoms with Crippen LogP contribution in [0, 0.1) is 17.3 Å². The molecule has 21 heavy (non-hydrogen) atoms. The van der Waals surface area contributed by atoms with Gasteiger partial charge in [0.1, 0.15) is 5.75 Å². The molecule has 0 saturated heterocycles. The topological polar surface area (TPSA) is 75.6 Å². The van der Waals surface area contributed by atoms with Crippen molar-refractivity contribution in [2.45, 2.75) is 27.2 Å². The lowest BCUT2D eigenvalue weighted by molar-refractivity contribution is -0.140. The highest BCUT2D eigenvalue weighted by Gasteiger charge is 2.65. The molecule has 1 saturated carbocycles. The van der Waals surface area contributed by atoms with E-state index in [1.165, 1.54) is 0 Å². The summed E-state index contributed by atoms with van der Waals surface area (Å²) in [6.45, 7) is 6.24. The van der Waals surface area contributed by atoms with Gasteiger partial charge in [0.25, 0.3) is 0 Å². The summed E-state index contributed by atoms with van der Waals surface area (Å²) in [4.78, 5) is 23.3. The van der Waals surface area contributed by atoms with Gasteiger partial charge in [-0.2, -0.15) is 0 Å². The summed E-state index contributed by atoms with van der Waals surface area (Å²) in [6, 6.07) is 7.14. The molecule has 2 rings (SSSR count). The number of rotatable bonds is 6. The summed E-state index contributed by atoms with van der Waals surface area (Å²) in [5.74, 6) is -1.58. The predicted octanol–water partition coefficient (Wildman–Crippen LogP) is 2.77. The second-order valence-electron chi connectivity index (χ2n) is 5.98. The number of carboxylic acids is 1. The maximum absolute atomic E-state index is 12.2. The van der Waals surface area contributed by atoms with Gasteiger partial charge in [-0.15, -0.1) is 0 Å². The molecule has 0 aromatic heterocycles. The van der Waals surface area contributed by atoms with Crippen molar-refractivity contribution in [3.8, 4) is 5.75 Å². The van der Waals surface area contributed by atoms with E-state index in [2.05, 4.69) is 5.32 Å². The lowest BCUT2D eigenvalue weighted by Gasteiger charge is -2.09. The van der Waals surface area contributed by atoms with Crippen LogP contribution in [0.15, 0.2) is 24.3 Å². The van der Waals surface area contributed by atoms with Gasteiger partial charge in [0.05, 0.1) is 18.4 Å². The summed E-state index contributed by atoms with van der Waals surface area (Å²) < 4.78 is 5.51. The highest BCUT2D eigenvalue weighted by Crippen LogP contribution is 2.58. The fraction of sp³-hybridized carbons (Fsp3) is 0.500. The number of carbonyl (C=O) groups is 2. The van der Waals surface area contributed by atoms with E-state index in [4.69, 9.17) is 9.84 Å². The second-order valence-corrected chi connectivity index (χ2v) is 5.98. The van der Waals surface area contributed by atoms with E-state index in [9.17, 15) is 9.59 Å². The van der Waals surface area contributed by atoms with Crippen LogP contribution in [-0.2, 0) is 9.59 Å². The van der Waals surface area contributed by atoms with Crippen LogP contribution in [0.3, 0.4) is 0 Å². The van der Waals surface area contributed by atoms with E-state index >= 15 is 0 Å². The first kappa shape index (κ1) is 15.4. The molecule has 1 aliphatic carbocycles. The molecule has 0 aliphatic heterocycles. The lowest BCUT2D eigenvalue weighted by atomic mass is 10.1. The SMILES string of the molecule is CCCOc1cccc(NC(=O)[C@H]2[C@@H](C(=O)O)C2(C)C)c1. The Bertz CT molecular complexity index is 553. The number of aliphatic carboxylic acids is 1. The van der Waals surface area contributed by atoms with Crippen molar-refractivity contribution in [3.05, 3.63) is 24.3 Å². The van der Waals surface area contributed by atoms with Crippen LogP contribution in [0.2, 0.25) is 0 Å².